The molecule has 0 aromatic carbocycles. The van der Waals surface area contributed by atoms with Crippen molar-refractivity contribution in [3.63, 3.8) is 0 Å². The summed E-state index contributed by atoms with van der Waals surface area (Å²) >= 11 is 0. The van der Waals surface area contributed by atoms with Crippen LogP contribution < -0.4 is 11.3 Å². The number of nitrogens with zero attached hydrogens (tertiary/aromatic N) is 2. The molecule has 1 unspecified atom stereocenters. The van der Waals surface area contributed by atoms with Gasteiger partial charge in [0.2, 0.25) is 0 Å². The molecule has 0 saturated heterocycles. The maximum atomic E-state index is 12.7. The van der Waals surface area contributed by atoms with E-state index >= 15 is 0 Å². The Labute approximate surface area is 116 Å². The van der Waals surface area contributed by atoms with E-state index in [1.807, 2.05) is 17.7 Å². The number of rotatable bonds is 4. The van der Waals surface area contributed by atoms with E-state index in [9.17, 15) is 13.2 Å². The molecule has 1 fully saturated rings. The van der Waals surface area contributed by atoms with Crippen molar-refractivity contribution in [1.29, 1.82) is 0 Å². The monoisotopic (exact) mass is 290 g/mol. The van der Waals surface area contributed by atoms with Crippen molar-refractivity contribution in [2.45, 2.75) is 51.4 Å². The van der Waals surface area contributed by atoms with Gasteiger partial charge in [0, 0.05) is 12.7 Å². The lowest BCUT2D eigenvalue weighted by Crippen LogP contribution is -2.38. The Kier molecular flexibility index (Phi) is 4.70. The number of nitrogens with one attached hydrogen (secondary N) is 1. The standard InChI is InChI=1S/C13H21F3N4/c1-2-20-11(7-8-18-20)12(19-17)9-3-5-10(6-4-9)13(14,15)16/h7-10,12,19H,2-6,17H2,1H3. The fraction of sp³-hybridized carbons (Fsp3) is 0.769. The lowest BCUT2D eigenvalue weighted by Gasteiger charge is -2.34. The van der Waals surface area contributed by atoms with Crippen LogP contribution in [-0.2, 0) is 6.54 Å². The van der Waals surface area contributed by atoms with Crippen LogP contribution in [0.4, 0.5) is 13.2 Å². The Hall–Kier alpha value is -1.08. The van der Waals surface area contributed by atoms with Crippen LogP contribution in [0.3, 0.4) is 0 Å². The molecule has 1 heterocycles. The first-order chi connectivity index (χ1) is 9.47. The molecule has 114 valence electrons. The van der Waals surface area contributed by atoms with Gasteiger partial charge in [0.1, 0.15) is 0 Å². The summed E-state index contributed by atoms with van der Waals surface area (Å²) in [5.74, 6) is 4.59. The van der Waals surface area contributed by atoms with E-state index in [0.29, 0.717) is 12.8 Å². The van der Waals surface area contributed by atoms with Crippen LogP contribution in [0.2, 0.25) is 0 Å². The molecule has 1 aromatic rings. The Morgan fingerprint density at radius 3 is 2.55 bits per heavy atom. The van der Waals surface area contributed by atoms with Crippen LogP contribution in [0.5, 0.6) is 0 Å². The molecular weight excluding hydrogens is 269 g/mol. The molecule has 1 saturated carbocycles. The Morgan fingerprint density at radius 2 is 2.05 bits per heavy atom. The van der Waals surface area contributed by atoms with Gasteiger partial charge in [-0.2, -0.15) is 18.3 Å². The zero-order valence-corrected chi connectivity index (χ0v) is 11.5. The lowest BCUT2D eigenvalue weighted by molar-refractivity contribution is -0.184. The van der Waals surface area contributed by atoms with Gasteiger partial charge in [0.15, 0.2) is 0 Å². The van der Waals surface area contributed by atoms with Gasteiger partial charge in [-0.05, 0) is 44.6 Å². The summed E-state index contributed by atoms with van der Waals surface area (Å²) in [7, 11) is 0. The molecule has 1 aromatic heterocycles. The highest BCUT2D eigenvalue weighted by Crippen LogP contribution is 2.42. The van der Waals surface area contributed by atoms with Crippen LogP contribution in [-0.4, -0.2) is 16.0 Å². The molecule has 1 atom stereocenters. The van der Waals surface area contributed by atoms with Crippen molar-refractivity contribution in [2.24, 2.45) is 17.7 Å². The smallest absolute Gasteiger partial charge is 0.271 e. The van der Waals surface area contributed by atoms with E-state index in [1.165, 1.54) is 0 Å². The van der Waals surface area contributed by atoms with Crippen molar-refractivity contribution in [1.82, 2.24) is 15.2 Å². The second-order valence-corrected chi connectivity index (χ2v) is 5.37. The molecule has 7 heteroatoms. The third-order valence-corrected chi connectivity index (χ3v) is 4.25. The van der Waals surface area contributed by atoms with Gasteiger partial charge in [-0.15, -0.1) is 0 Å². The summed E-state index contributed by atoms with van der Waals surface area (Å²) in [6.07, 6.45) is -0.923. The molecular formula is C13H21F3N4. The van der Waals surface area contributed by atoms with E-state index in [-0.39, 0.29) is 24.8 Å². The highest BCUT2D eigenvalue weighted by molar-refractivity contribution is 5.09. The molecule has 0 bridgehead atoms. The first-order valence-corrected chi connectivity index (χ1v) is 7.02. The average molecular weight is 290 g/mol. The molecule has 0 spiro atoms. The number of hydrazine groups is 1. The summed E-state index contributed by atoms with van der Waals surface area (Å²) in [4.78, 5) is 0. The van der Waals surface area contributed by atoms with E-state index in [4.69, 9.17) is 5.84 Å². The Morgan fingerprint density at radius 1 is 1.40 bits per heavy atom. The van der Waals surface area contributed by atoms with Crippen LogP contribution in [0.1, 0.15) is 44.3 Å². The number of alkyl halides is 3. The molecule has 0 aliphatic heterocycles. The van der Waals surface area contributed by atoms with E-state index < -0.39 is 12.1 Å². The van der Waals surface area contributed by atoms with Crippen LogP contribution >= 0.6 is 0 Å². The van der Waals surface area contributed by atoms with Crippen molar-refractivity contribution < 1.29 is 13.2 Å². The van der Waals surface area contributed by atoms with Crippen LogP contribution in [0.25, 0.3) is 0 Å². The molecule has 3 N–H and O–H groups in total. The number of aromatic nitrogens is 2. The Bertz CT molecular complexity index is 421. The molecule has 0 radical (unpaired) electrons. The quantitative estimate of drug-likeness (QED) is 0.662. The van der Waals surface area contributed by atoms with Gasteiger partial charge < -0.3 is 0 Å². The largest absolute Gasteiger partial charge is 0.391 e. The first kappa shape index (κ1) is 15.3. The zero-order valence-electron chi connectivity index (χ0n) is 11.5. The van der Waals surface area contributed by atoms with E-state index in [1.54, 1.807) is 6.20 Å². The summed E-state index contributed by atoms with van der Waals surface area (Å²) in [6, 6.07) is 1.75. The normalized spacial score (nSPS) is 25.6. The second-order valence-electron chi connectivity index (χ2n) is 5.37. The van der Waals surface area contributed by atoms with Gasteiger partial charge >= 0.3 is 6.18 Å². The molecule has 1 aliphatic carbocycles. The maximum Gasteiger partial charge on any atom is 0.391 e. The molecule has 1 aliphatic rings. The lowest BCUT2D eigenvalue weighted by atomic mass is 9.77. The minimum absolute atomic E-state index is 0.126. The van der Waals surface area contributed by atoms with Crippen molar-refractivity contribution >= 4 is 0 Å². The second kappa shape index (κ2) is 6.13. The first-order valence-electron chi connectivity index (χ1n) is 7.02. The van der Waals surface area contributed by atoms with Gasteiger partial charge in [-0.25, -0.2) is 0 Å². The summed E-state index contributed by atoms with van der Waals surface area (Å²) in [6.45, 7) is 2.70. The third kappa shape index (κ3) is 3.15. The Balaban J connectivity index is 2.04. The van der Waals surface area contributed by atoms with Crippen LogP contribution in [0, 0.1) is 11.8 Å². The van der Waals surface area contributed by atoms with Crippen LogP contribution in [0.15, 0.2) is 12.3 Å². The van der Waals surface area contributed by atoms with Crippen molar-refractivity contribution in [3.05, 3.63) is 18.0 Å². The van der Waals surface area contributed by atoms with E-state index in [0.717, 1.165) is 12.2 Å². The maximum absolute atomic E-state index is 12.7. The van der Waals surface area contributed by atoms with E-state index in [2.05, 4.69) is 10.5 Å². The summed E-state index contributed by atoms with van der Waals surface area (Å²) < 4.78 is 39.9. The van der Waals surface area contributed by atoms with Gasteiger partial charge in [-0.1, -0.05) is 0 Å². The van der Waals surface area contributed by atoms with Gasteiger partial charge in [0.25, 0.3) is 0 Å². The number of hydrogen-bond acceptors (Lipinski definition) is 3. The molecule has 0 amide bonds. The number of nitrogens with two attached hydrogens (primary N) is 1. The minimum atomic E-state index is -4.07. The van der Waals surface area contributed by atoms with Gasteiger partial charge in [-0.3, -0.25) is 16.0 Å². The zero-order chi connectivity index (χ0) is 14.8. The molecule has 4 nitrogen and oxygen atoms in total. The average Bonchev–Trinajstić information content (AvgIpc) is 2.87. The minimum Gasteiger partial charge on any atom is -0.271 e. The topological polar surface area (TPSA) is 55.9 Å². The number of aryl methyl sites for hydroxylation is 1. The van der Waals surface area contributed by atoms with Crippen molar-refractivity contribution in [2.75, 3.05) is 0 Å². The molecule has 20 heavy (non-hydrogen) atoms. The third-order valence-electron chi connectivity index (χ3n) is 4.25. The fourth-order valence-electron chi connectivity index (χ4n) is 3.11. The number of halogens is 3. The highest BCUT2D eigenvalue weighted by Gasteiger charge is 2.42. The summed E-state index contributed by atoms with van der Waals surface area (Å²) in [5.41, 5.74) is 3.71. The SMILES string of the molecule is CCn1nccc1C(NN)C1CCC(C(F)(F)F)CC1. The predicted molar refractivity (Wildman–Crippen MR) is 69.5 cm³/mol. The van der Waals surface area contributed by atoms with Gasteiger partial charge in [0.05, 0.1) is 17.7 Å². The predicted octanol–water partition coefficient (Wildman–Crippen LogP) is 2.78. The number of hydrogen-bond donors (Lipinski definition) is 2. The highest BCUT2D eigenvalue weighted by atomic mass is 19.4. The van der Waals surface area contributed by atoms with Crippen molar-refractivity contribution in [3.8, 4) is 0 Å². The molecule has 2 rings (SSSR count). The fourth-order valence-corrected chi connectivity index (χ4v) is 3.11. The summed E-state index contributed by atoms with van der Waals surface area (Å²) in [5, 5.41) is 4.19.